The van der Waals surface area contributed by atoms with Crippen LogP contribution < -0.4 is 15.0 Å². The molecule has 1 aliphatic heterocycles. The van der Waals surface area contributed by atoms with Crippen molar-refractivity contribution in [2.75, 3.05) is 30.9 Å². The fourth-order valence-electron chi connectivity index (χ4n) is 3.79. The quantitative estimate of drug-likeness (QED) is 0.465. The number of anilines is 3. The summed E-state index contributed by atoms with van der Waals surface area (Å²) in [5.41, 5.74) is -0.180. The van der Waals surface area contributed by atoms with Gasteiger partial charge >= 0.3 is 11.8 Å². The molecule has 11 nitrogen and oxygen atoms in total. The lowest BCUT2D eigenvalue weighted by molar-refractivity contribution is -0.385. The highest BCUT2D eigenvalue weighted by Gasteiger charge is 2.36. The van der Waals surface area contributed by atoms with Crippen LogP contribution in [0.25, 0.3) is 0 Å². The molecule has 0 bridgehead atoms. The molecule has 1 aliphatic rings. The lowest BCUT2D eigenvalue weighted by atomic mass is 10.2. The maximum atomic E-state index is 12.8. The fraction of sp³-hybridized carbons (Fsp3) is 0.478. The van der Waals surface area contributed by atoms with Crippen LogP contribution in [0.15, 0.2) is 24.3 Å². The van der Waals surface area contributed by atoms with E-state index in [1.54, 1.807) is 41.1 Å². The van der Waals surface area contributed by atoms with Gasteiger partial charge in [-0.15, -0.1) is 0 Å². The number of nitrogens with one attached hydrogen (secondary N) is 1. The van der Waals surface area contributed by atoms with Crippen LogP contribution in [0.4, 0.5) is 27.9 Å². The van der Waals surface area contributed by atoms with Crippen LogP contribution in [0, 0.1) is 17.0 Å². The molecule has 1 fully saturated rings. The summed E-state index contributed by atoms with van der Waals surface area (Å²) in [6.45, 7) is 9.79. The molecule has 0 aliphatic carbocycles. The number of likely N-dealkylation sites (tertiary alicyclic amines) is 1. The van der Waals surface area contributed by atoms with Crippen molar-refractivity contribution in [1.82, 2.24) is 14.9 Å². The average molecular weight is 472 g/mol. The second kappa shape index (κ2) is 10.1. The third-order valence-electron chi connectivity index (χ3n) is 5.34. The normalized spacial score (nSPS) is 15.7. The first-order chi connectivity index (χ1) is 16.1. The van der Waals surface area contributed by atoms with E-state index in [0.29, 0.717) is 24.4 Å². The van der Waals surface area contributed by atoms with Crippen LogP contribution >= 0.6 is 0 Å². The first kappa shape index (κ1) is 25.0. The summed E-state index contributed by atoms with van der Waals surface area (Å²) in [6, 6.07) is 7.05. The molecule has 1 N–H and O–H groups in total. The van der Waals surface area contributed by atoms with Gasteiger partial charge in [0.25, 0.3) is 0 Å². The number of ether oxygens (including phenoxy) is 2. The molecule has 183 valence electrons. The largest absolute Gasteiger partial charge is 0.495 e. The highest BCUT2D eigenvalue weighted by Crippen LogP contribution is 2.35. The van der Waals surface area contributed by atoms with E-state index in [9.17, 15) is 14.9 Å². The number of nitrogens with zero attached hydrogens (tertiary/aromatic N) is 5. The summed E-state index contributed by atoms with van der Waals surface area (Å²) in [5, 5.41) is 14.9. The van der Waals surface area contributed by atoms with Crippen LogP contribution in [-0.2, 0) is 11.2 Å². The van der Waals surface area contributed by atoms with Crippen LogP contribution in [-0.4, -0.2) is 58.4 Å². The van der Waals surface area contributed by atoms with Crippen molar-refractivity contribution < 1.29 is 19.2 Å². The molecule has 0 saturated carbocycles. The van der Waals surface area contributed by atoms with Crippen LogP contribution in [0.2, 0.25) is 0 Å². The first-order valence-electron chi connectivity index (χ1n) is 11.0. The minimum absolute atomic E-state index is 0.0202. The number of hydrogen-bond acceptors (Lipinski definition) is 9. The maximum Gasteiger partial charge on any atom is 0.411 e. The van der Waals surface area contributed by atoms with Gasteiger partial charge in [0, 0.05) is 13.6 Å². The zero-order valence-corrected chi connectivity index (χ0v) is 20.2. The van der Waals surface area contributed by atoms with Gasteiger partial charge in [-0.2, -0.15) is 4.98 Å². The van der Waals surface area contributed by atoms with Crippen molar-refractivity contribution in [3.63, 3.8) is 0 Å². The Morgan fingerprint density at radius 3 is 2.68 bits per heavy atom. The monoisotopic (exact) mass is 471 g/mol. The van der Waals surface area contributed by atoms with Crippen LogP contribution in [0.1, 0.15) is 39.3 Å². The first-order valence-corrected chi connectivity index (χ1v) is 11.0. The van der Waals surface area contributed by atoms with E-state index in [0.717, 1.165) is 6.42 Å². The highest BCUT2D eigenvalue weighted by atomic mass is 16.6. The van der Waals surface area contributed by atoms with E-state index in [1.165, 1.54) is 7.11 Å². The van der Waals surface area contributed by atoms with Crippen molar-refractivity contribution in [2.24, 2.45) is 0 Å². The standard InChI is InChI=1S/C23H31N6O5/c1-7-15-19(29(31)32)20(24-16-11-8-9-12-17(16)33-6)26-21(25-15)27(5)18-13-10-14-28(18)22(30)34-23(2,3)4/h8-9,11-12,18H,1,7,10,13-14H2,2-6H3,(H,24,25,26)/t18-/m0/s1. The SMILES string of the molecule is [CH2]Cc1nc(N(C)[C@@H]2CCCN2C(=O)OC(C)(C)C)nc(Nc2ccccc2OC)c1[N+](=O)[O-]. The number of methoxy groups -OCH3 is 1. The summed E-state index contributed by atoms with van der Waals surface area (Å²) < 4.78 is 10.9. The van der Waals surface area contributed by atoms with Gasteiger partial charge in [-0.3, -0.25) is 15.0 Å². The number of amides is 1. The number of benzene rings is 1. The maximum absolute atomic E-state index is 12.8. The van der Waals surface area contributed by atoms with E-state index in [1.807, 2.05) is 20.8 Å². The minimum Gasteiger partial charge on any atom is -0.495 e. The molecule has 1 radical (unpaired) electrons. The molecular formula is C23H31N6O5. The topological polar surface area (TPSA) is 123 Å². The van der Waals surface area contributed by atoms with E-state index < -0.39 is 16.6 Å². The van der Waals surface area contributed by atoms with Crippen molar-refractivity contribution >= 4 is 29.2 Å². The Morgan fingerprint density at radius 1 is 1.35 bits per heavy atom. The number of carbonyl (C=O) groups excluding carboxylic acids is 1. The Hall–Kier alpha value is -3.63. The zero-order chi connectivity index (χ0) is 25.0. The summed E-state index contributed by atoms with van der Waals surface area (Å²) in [5.74, 6) is 0.766. The second-order valence-electron chi connectivity index (χ2n) is 8.91. The molecule has 1 amide bonds. The summed E-state index contributed by atoms with van der Waals surface area (Å²) >= 11 is 0. The van der Waals surface area contributed by atoms with Gasteiger partial charge in [-0.1, -0.05) is 12.1 Å². The molecule has 1 saturated heterocycles. The number of hydrogen-bond donors (Lipinski definition) is 1. The van der Waals surface area contributed by atoms with Gasteiger partial charge in [0.05, 0.1) is 17.7 Å². The smallest absolute Gasteiger partial charge is 0.411 e. The molecular weight excluding hydrogens is 440 g/mol. The lowest BCUT2D eigenvalue weighted by Crippen LogP contribution is -2.48. The molecule has 3 rings (SSSR count). The summed E-state index contributed by atoms with van der Waals surface area (Å²) in [7, 11) is 3.27. The summed E-state index contributed by atoms with van der Waals surface area (Å²) in [6.07, 6.45) is 0.781. The third-order valence-corrected chi connectivity index (χ3v) is 5.34. The Kier molecular flexibility index (Phi) is 7.43. The molecule has 1 atom stereocenters. The average Bonchev–Trinajstić information content (AvgIpc) is 3.27. The van der Waals surface area contributed by atoms with Crippen LogP contribution in [0.3, 0.4) is 0 Å². The van der Waals surface area contributed by atoms with E-state index in [4.69, 9.17) is 9.47 Å². The lowest BCUT2D eigenvalue weighted by Gasteiger charge is -2.34. The third kappa shape index (κ3) is 5.46. The molecule has 1 aromatic carbocycles. The molecule has 34 heavy (non-hydrogen) atoms. The number of rotatable bonds is 7. The number of aromatic nitrogens is 2. The van der Waals surface area contributed by atoms with Gasteiger partial charge < -0.3 is 19.7 Å². The fourth-order valence-corrected chi connectivity index (χ4v) is 3.79. The van der Waals surface area contributed by atoms with Gasteiger partial charge in [0.2, 0.25) is 11.8 Å². The molecule has 11 heteroatoms. The Morgan fingerprint density at radius 2 is 2.06 bits per heavy atom. The number of para-hydroxylation sites is 2. The van der Waals surface area contributed by atoms with Gasteiger partial charge in [0.1, 0.15) is 23.2 Å². The van der Waals surface area contributed by atoms with Crippen molar-refractivity contribution in [1.29, 1.82) is 0 Å². The van der Waals surface area contributed by atoms with Crippen molar-refractivity contribution in [3.05, 3.63) is 47.0 Å². The summed E-state index contributed by atoms with van der Waals surface area (Å²) in [4.78, 5) is 36.4. The van der Waals surface area contributed by atoms with E-state index in [2.05, 4.69) is 22.2 Å². The van der Waals surface area contributed by atoms with Gasteiger partial charge in [0.15, 0.2) is 0 Å². The molecule has 2 aromatic rings. The van der Waals surface area contributed by atoms with Crippen LogP contribution in [0.5, 0.6) is 5.75 Å². The van der Waals surface area contributed by atoms with Crippen molar-refractivity contribution in [3.8, 4) is 5.75 Å². The Labute approximate surface area is 199 Å². The molecule has 0 spiro atoms. The highest BCUT2D eigenvalue weighted by molar-refractivity contribution is 5.73. The number of carbonyl (C=O) groups is 1. The van der Waals surface area contributed by atoms with Gasteiger partial charge in [-0.05, 0) is 59.1 Å². The van der Waals surface area contributed by atoms with E-state index in [-0.39, 0.29) is 35.7 Å². The Bertz CT molecular complexity index is 1050. The molecule has 2 heterocycles. The predicted octanol–water partition coefficient (Wildman–Crippen LogP) is 4.31. The molecule has 1 aromatic heterocycles. The van der Waals surface area contributed by atoms with Gasteiger partial charge in [-0.25, -0.2) is 9.78 Å². The molecule has 0 unspecified atom stereocenters. The zero-order valence-electron chi connectivity index (χ0n) is 20.2. The number of nitro groups is 1. The Balaban J connectivity index is 2.00. The minimum atomic E-state index is -0.625. The predicted molar refractivity (Wildman–Crippen MR) is 128 cm³/mol. The second-order valence-corrected chi connectivity index (χ2v) is 8.91. The van der Waals surface area contributed by atoms with E-state index >= 15 is 0 Å². The van der Waals surface area contributed by atoms with Crippen molar-refractivity contribution in [2.45, 2.75) is 51.8 Å².